The lowest BCUT2D eigenvalue weighted by Crippen LogP contribution is -2.29. The van der Waals surface area contributed by atoms with E-state index in [4.69, 9.17) is 13.9 Å². The molecule has 4 aromatic rings. The van der Waals surface area contributed by atoms with Gasteiger partial charge in [-0.3, -0.25) is 14.5 Å². The van der Waals surface area contributed by atoms with Gasteiger partial charge in [0.1, 0.15) is 17.1 Å². The molecule has 1 atom stereocenters. The molecule has 0 fully saturated rings. The lowest BCUT2D eigenvalue weighted by Gasteiger charge is -2.25. The highest BCUT2D eigenvalue weighted by Crippen LogP contribution is 2.42. The number of nitrogens with zero attached hydrogens (tertiary/aromatic N) is 1. The third-order valence-corrected chi connectivity index (χ3v) is 6.07. The fraction of sp³-hybridized carbons (Fsp3) is 0.120. The second-order valence-corrected chi connectivity index (χ2v) is 8.29. The van der Waals surface area contributed by atoms with Crippen LogP contribution < -0.4 is 19.8 Å². The second kappa shape index (κ2) is 7.84. The van der Waals surface area contributed by atoms with Gasteiger partial charge < -0.3 is 13.9 Å². The lowest BCUT2D eigenvalue weighted by molar-refractivity contribution is 0.0971. The summed E-state index contributed by atoms with van der Waals surface area (Å²) in [5.74, 6) is 0.884. The Bertz CT molecular complexity index is 1430. The number of anilines is 1. The maximum Gasteiger partial charge on any atom is 0.295 e. The summed E-state index contributed by atoms with van der Waals surface area (Å²) in [7, 11) is 3.14. The van der Waals surface area contributed by atoms with Gasteiger partial charge in [0.15, 0.2) is 5.43 Å². The van der Waals surface area contributed by atoms with Crippen LogP contribution in [0, 0.1) is 0 Å². The van der Waals surface area contributed by atoms with Crippen molar-refractivity contribution in [2.24, 2.45) is 0 Å². The van der Waals surface area contributed by atoms with E-state index in [1.165, 1.54) is 0 Å². The first-order valence-corrected chi connectivity index (χ1v) is 10.7. The number of halogens is 1. The van der Waals surface area contributed by atoms with Crippen molar-refractivity contribution in [3.05, 3.63) is 98.3 Å². The summed E-state index contributed by atoms with van der Waals surface area (Å²) in [5.41, 5.74) is 1.76. The molecule has 2 heterocycles. The molecule has 160 valence electrons. The molecule has 1 aromatic heterocycles. The predicted octanol–water partition coefficient (Wildman–Crippen LogP) is 5.32. The normalized spacial score (nSPS) is 15.2. The first-order chi connectivity index (χ1) is 15.5. The van der Waals surface area contributed by atoms with Crippen LogP contribution in [0.4, 0.5) is 5.69 Å². The summed E-state index contributed by atoms with van der Waals surface area (Å²) >= 11 is 3.41. The zero-order valence-corrected chi connectivity index (χ0v) is 18.9. The Morgan fingerprint density at radius 3 is 2.38 bits per heavy atom. The quantitative estimate of drug-likeness (QED) is 0.386. The number of rotatable bonds is 4. The predicted molar refractivity (Wildman–Crippen MR) is 125 cm³/mol. The lowest BCUT2D eigenvalue weighted by atomic mass is 9.98. The molecule has 1 aliphatic rings. The van der Waals surface area contributed by atoms with E-state index in [1.807, 2.05) is 24.3 Å². The van der Waals surface area contributed by atoms with E-state index in [-0.39, 0.29) is 17.1 Å². The topological polar surface area (TPSA) is 69.0 Å². The number of amides is 1. The van der Waals surface area contributed by atoms with Crippen LogP contribution in [0.2, 0.25) is 0 Å². The van der Waals surface area contributed by atoms with Gasteiger partial charge in [0.2, 0.25) is 5.76 Å². The minimum absolute atomic E-state index is 0.0421. The first kappa shape index (κ1) is 20.3. The molecule has 5 rings (SSSR count). The number of carbonyl (C=O) groups excluding carboxylic acids is 1. The molecular weight excluding hydrogens is 474 g/mol. The molecule has 1 unspecified atom stereocenters. The van der Waals surface area contributed by atoms with Crippen LogP contribution in [-0.4, -0.2) is 20.1 Å². The summed E-state index contributed by atoms with van der Waals surface area (Å²) in [4.78, 5) is 28.8. The van der Waals surface area contributed by atoms with Crippen molar-refractivity contribution in [1.82, 2.24) is 0 Å². The summed E-state index contributed by atoms with van der Waals surface area (Å²) in [6, 6.07) is 19.0. The van der Waals surface area contributed by atoms with Crippen molar-refractivity contribution in [3.8, 4) is 11.5 Å². The van der Waals surface area contributed by atoms with E-state index in [2.05, 4.69) is 15.9 Å². The number of ether oxygens (including phenoxy) is 2. The molecule has 0 N–H and O–H groups in total. The van der Waals surface area contributed by atoms with Crippen molar-refractivity contribution in [2.45, 2.75) is 6.04 Å². The number of hydrogen-bond donors (Lipinski definition) is 0. The number of fused-ring (bicyclic) bond motifs is 2. The molecular formula is C25H18BrNO5. The van der Waals surface area contributed by atoms with Gasteiger partial charge in [0.25, 0.3) is 5.91 Å². The van der Waals surface area contributed by atoms with E-state index in [1.54, 1.807) is 61.6 Å². The maximum atomic E-state index is 13.6. The van der Waals surface area contributed by atoms with Gasteiger partial charge in [-0.15, -0.1) is 0 Å². The zero-order valence-electron chi connectivity index (χ0n) is 17.3. The average molecular weight is 492 g/mol. The SMILES string of the molecule is COc1cccc(C2c3c(oc4ccc(Br)cc4c3=O)C(=O)N2c2cccc(OC)c2)c1. The molecule has 3 aromatic carbocycles. The van der Waals surface area contributed by atoms with Crippen LogP contribution in [0.25, 0.3) is 11.0 Å². The molecule has 0 bridgehead atoms. The van der Waals surface area contributed by atoms with Crippen LogP contribution in [0.15, 0.2) is 80.4 Å². The van der Waals surface area contributed by atoms with Crippen LogP contribution in [0.3, 0.4) is 0 Å². The first-order valence-electron chi connectivity index (χ1n) is 9.89. The number of benzene rings is 3. The minimum Gasteiger partial charge on any atom is -0.497 e. The highest BCUT2D eigenvalue weighted by atomic mass is 79.9. The van der Waals surface area contributed by atoms with Crippen LogP contribution in [-0.2, 0) is 0 Å². The minimum atomic E-state index is -0.681. The molecule has 0 saturated carbocycles. The third-order valence-electron chi connectivity index (χ3n) is 5.57. The van der Waals surface area contributed by atoms with Gasteiger partial charge in [0, 0.05) is 16.2 Å². The summed E-state index contributed by atoms with van der Waals surface area (Å²) < 4.78 is 17.5. The molecule has 32 heavy (non-hydrogen) atoms. The fourth-order valence-corrected chi connectivity index (χ4v) is 4.46. The van der Waals surface area contributed by atoms with Gasteiger partial charge in [-0.1, -0.05) is 34.1 Å². The van der Waals surface area contributed by atoms with Crippen molar-refractivity contribution < 1.29 is 18.7 Å². The van der Waals surface area contributed by atoms with Gasteiger partial charge in [0.05, 0.1) is 31.2 Å². The number of hydrogen-bond acceptors (Lipinski definition) is 5. The molecule has 0 aliphatic carbocycles. The third kappa shape index (κ3) is 3.17. The molecule has 0 saturated heterocycles. The molecule has 0 spiro atoms. The Hall–Kier alpha value is -3.58. The van der Waals surface area contributed by atoms with E-state index < -0.39 is 6.04 Å². The van der Waals surface area contributed by atoms with E-state index in [9.17, 15) is 9.59 Å². The Labute approximate surface area is 192 Å². The number of methoxy groups -OCH3 is 2. The fourth-order valence-electron chi connectivity index (χ4n) is 4.10. The van der Waals surface area contributed by atoms with Crippen molar-refractivity contribution in [2.75, 3.05) is 19.1 Å². The highest BCUT2D eigenvalue weighted by Gasteiger charge is 2.43. The van der Waals surface area contributed by atoms with Crippen LogP contribution in [0.1, 0.15) is 27.7 Å². The summed E-state index contributed by atoms with van der Waals surface area (Å²) in [5, 5.41) is 0.409. The largest absolute Gasteiger partial charge is 0.497 e. The van der Waals surface area contributed by atoms with Crippen LogP contribution in [0.5, 0.6) is 11.5 Å². The van der Waals surface area contributed by atoms with Crippen molar-refractivity contribution >= 4 is 38.5 Å². The van der Waals surface area contributed by atoms with E-state index in [0.29, 0.717) is 33.7 Å². The standard InChI is InChI=1S/C25H18BrNO5/c1-30-17-7-3-5-14(11-17)22-21-23(28)19-12-15(26)9-10-20(19)32-24(21)25(29)27(22)16-6-4-8-18(13-16)31-2/h3-13,22H,1-2H3. The maximum absolute atomic E-state index is 13.6. The number of carbonyl (C=O) groups is 1. The monoisotopic (exact) mass is 491 g/mol. The smallest absolute Gasteiger partial charge is 0.295 e. The van der Waals surface area contributed by atoms with Crippen molar-refractivity contribution in [1.29, 1.82) is 0 Å². The van der Waals surface area contributed by atoms with Gasteiger partial charge in [-0.2, -0.15) is 0 Å². The Morgan fingerprint density at radius 1 is 0.906 bits per heavy atom. The highest BCUT2D eigenvalue weighted by molar-refractivity contribution is 9.10. The van der Waals surface area contributed by atoms with E-state index in [0.717, 1.165) is 10.0 Å². The van der Waals surface area contributed by atoms with Crippen LogP contribution >= 0.6 is 15.9 Å². The average Bonchev–Trinajstić information content (AvgIpc) is 3.12. The summed E-state index contributed by atoms with van der Waals surface area (Å²) in [6.45, 7) is 0. The summed E-state index contributed by atoms with van der Waals surface area (Å²) in [6.07, 6.45) is 0. The van der Waals surface area contributed by atoms with E-state index >= 15 is 0 Å². The Kier molecular flexibility index (Phi) is 4.98. The Balaban J connectivity index is 1.81. The van der Waals surface area contributed by atoms with Gasteiger partial charge in [-0.25, -0.2) is 0 Å². The molecule has 1 aliphatic heterocycles. The molecule has 7 heteroatoms. The Morgan fingerprint density at radius 2 is 1.62 bits per heavy atom. The molecule has 6 nitrogen and oxygen atoms in total. The molecule has 0 radical (unpaired) electrons. The van der Waals surface area contributed by atoms with Crippen molar-refractivity contribution in [3.63, 3.8) is 0 Å². The van der Waals surface area contributed by atoms with Gasteiger partial charge in [-0.05, 0) is 48.0 Å². The zero-order chi connectivity index (χ0) is 22.4. The molecule has 1 amide bonds. The second-order valence-electron chi connectivity index (χ2n) is 7.37. The van der Waals surface area contributed by atoms with Gasteiger partial charge >= 0.3 is 0 Å².